The molecule has 0 radical (unpaired) electrons. The van der Waals surface area contributed by atoms with Gasteiger partial charge in [0.25, 0.3) is 0 Å². The maximum Gasteiger partial charge on any atom is 0.0271 e. The van der Waals surface area contributed by atoms with Gasteiger partial charge in [-0.05, 0) is 31.0 Å². The molecule has 12 heavy (non-hydrogen) atoms. The SMILES string of the molecule is CC[C@H](C)NCc1ccncc1. The van der Waals surface area contributed by atoms with Crippen molar-refractivity contribution in [2.45, 2.75) is 32.9 Å². The number of rotatable bonds is 4. The molecule has 1 N–H and O–H groups in total. The highest BCUT2D eigenvalue weighted by molar-refractivity contribution is 5.09. The van der Waals surface area contributed by atoms with Gasteiger partial charge in [-0.15, -0.1) is 0 Å². The summed E-state index contributed by atoms with van der Waals surface area (Å²) in [6.45, 7) is 5.32. The molecule has 0 saturated carbocycles. The second-order valence-electron chi connectivity index (χ2n) is 3.05. The Balaban J connectivity index is 2.33. The lowest BCUT2D eigenvalue weighted by Gasteiger charge is -2.10. The fraction of sp³-hybridized carbons (Fsp3) is 0.500. The highest BCUT2D eigenvalue weighted by Crippen LogP contribution is 1.97. The maximum atomic E-state index is 3.96. The molecule has 2 heteroatoms. The summed E-state index contributed by atoms with van der Waals surface area (Å²) in [7, 11) is 0. The van der Waals surface area contributed by atoms with Crippen LogP contribution in [0.3, 0.4) is 0 Å². The smallest absolute Gasteiger partial charge is 0.0271 e. The Morgan fingerprint density at radius 1 is 1.42 bits per heavy atom. The summed E-state index contributed by atoms with van der Waals surface area (Å²) >= 11 is 0. The quantitative estimate of drug-likeness (QED) is 0.736. The molecule has 0 aliphatic carbocycles. The van der Waals surface area contributed by atoms with Crippen LogP contribution in [-0.2, 0) is 6.54 Å². The average molecular weight is 164 g/mol. The summed E-state index contributed by atoms with van der Waals surface area (Å²) in [5, 5.41) is 3.42. The standard InChI is InChI=1S/C10H16N2/c1-3-9(2)12-8-10-4-6-11-7-5-10/h4-7,9,12H,3,8H2,1-2H3/t9-/m0/s1. The summed E-state index contributed by atoms with van der Waals surface area (Å²) in [5.74, 6) is 0. The Labute approximate surface area is 74.0 Å². The molecule has 0 saturated heterocycles. The van der Waals surface area contributed by atoms with Crippen molar-refractivity contribution in [1.82, 2.24) is 10.3 Å². The predicted octanol–water partition coefficient (Wildman–Crippen LogP) is 1.97. The fourth-order valence-corrected chi connectivity index (χ4v) is 0.937. The van der Waals surface area contributed by atoms with E-state index in [2.05, 4.69) is 24.1 Å². The Morgan fingerprint density at radius 2 is 2.08 bits per heavy atom. The zero-order valence-electron chi connectivity index (χ0n) is 7.75. The minimum Gasteiger partial charge on any atom is -0.310 e. The van der Waals surface area contributed by atoms with Crippen molar-refractivity contribution in [2.75, 3.05) is 0 Å². The maximum absolute atomic E-state index is 3.96. The van der Waals surface area contributed by atoms with E-state index in [9.17, 15) is 0 Å². The topological polar surface area (TPSA) is 24.9 Å². The lowest BCUT2D eigenvalue weighted by Crippen LogP contribution is -2.24. The molecule has 1 atom stereocenters. The number of hydrogen-bond donors (Lipinski definition) is 1. The van der Waals surface area contributed by atoms with Gasteiger partial charge in [0.05, 0.1) is 0 Å². The Hall–Kier alpha value is -0.890. The van der Waals surface area contributed by atoms with E-state index < -0.39 is 0 Å². The second kappa shape index (κ2) is 4.88. The van der Waals surface area contributed by atoms with Gasteiger partial charge >= 0.3 is 0 Å². The van der Waals surface area contributed by atoms with Crippen molar-refractivity contribution in [3.05, 3.63) is 30.1 Å². The second-order valence-corrected chi connectivity index (χ2v) is 3.05. The van der Waals surface area contributed by atoms with Crippen LogP contribution >= 0.6 is 0 Å². The Morgan fingerprint density at radius 3 is 2.67 bits per heavy atom. The highest BCUT2D eigenvalue weighted by atomic mass is 14.9. The molecule has 1 heterocycles. The third-order valence-electron chi connectivity index (χ3n) is 2.02. The zero-order valence-corrected chi connectivity index (χ0v) is 7.75. The van der Waals surface area contributed by atoms with Crippen LogP contribution in [-0.4, -0.2) is 11.0 Å². The lowest BCUT2D eigenvalue weighted by molar-refractivity contribution is 0.534. The molecule has 0 spiro atoms. The van der Waals surface area contributed by atoms with Gasteiger partial charge in [0.1, 0.15) is 0 Å². The van der Waals surface area contributed by atoms with E-state index in [0.29, 0.717) is 6.04 Å². The molecule has 1 aromatic heterocycles. The molecule has 0 fully saturated rings. The van der Waals surface area contributed by atoms with E-state index in [4.69, 9.17) is 0 Å². The van der Waals surface area contributed by atoms with Crippen molar-refractivity contribution in [2.24, 2.45) is 0 Å². The van der Waals surface area contributed by atoms with E-state index >= 15 is 0 Å². The van der Waals surface area contributed by atoms with E-state index in [0.717, 1.165) is 6.54 Å². The van der Waals surface area contributed by atoms with Gasteiger partial charge in [-0.25, -0.2) is 0 Å². The van der Waals surface area contributed by atoms with Gasteiger partial charge < -0.3 is 5.32 Å². The number of hydrogen-bond acceptors (Lipinski definition) is 2. The largest absolute Gasteiger partial charge is 0.310 e. The minimum atomic E-state index is 0.596. The van der Waals surface area contributed by atoms with Crippen LogP contribution in [0.1, 0.15) is 25.8 Å². The third-order valence-corrected chi connectivity index (χ3v) is 2.02. The molecule has 1 aromatic rings. The number of aromatic nitrogens is 1. The first kappa shape index (κ1) is 9.20. The average Bonchev–Trinajstić information content (AvgIpc) is 2.16. The van der Waals surface area contributed by atoms with E-state index in [1.54, 1.807) is 0 Å². The van der Waals surface area contributed by atoms with Crippen LogP contribution in [0.15, 0.2) is 24.5 Å². The van der Waals surface area contributed by atoms with Gasteiger partial charge in [0.15, 0.2) is 0 Å². The highest BCUT2D eigenvalue weighted by Gasteiger charge is 1.96. The van der Waals surface area contributed by atoms with Crippen molar-refractivity contribution in [1.29, 1.82) is 0 Å². The predicted molar refractivity (Wildman–Crippen MR) is 50.8 cm³/mol. The van der Waals surface area contributed by atoms with Crippen molar-refractivity contribution in [3.8, 4) is 0 Å². The molecular formula is C10H16N2. The summed E-state index contributed by atoms with van der Waals surface area (Å²) in [6, 6.07) is 4.67. The molecule has 0 bridgehead atoms. The normalized spacial score (nSPS) is 12.8. The van der Waals surface area contributed by atoms with Crippen molar-refractivity contribution in [3.63, 3.8) is 0 Å². The molecule has 0 aromatic carbocycles. The summed E-state index contributed by atoms with van der Waals surface area (Å²) in [6.07, 6.45) is 4.83. The molecule has 0 unspecified atom stereocenters. The number of nitrogens with zero attached hydrogens (tertiary/aromatic N) is 1. The Kier molecular flexibility index (Phi) is 3.74. The van der Waals surface area contributed by atoms with Crippen LogP contribution in [0, 0.1) is 0 Å². The first-order valence-corrected chi connectivity index (χ1v) is 4.45. The minimum absolute atomic E-state index is 0.596. The van der Waals surface area contributed by atoms with Crippen LogP contribution < -0.4 is 5.32 Å². The van der Waals surface area contributed by atoms with Crippen LogP contribution in [0.5, 0.6) is 0 Å². The molecule has 2 nitrogen and oxygen atoms in total. The van der Waals surface area contributed by atoms with Crippen LogP contribution in [0.25, 0.3) is 0 Å². The van der Waals surface area contributed by atoms with Gasteiger partial charge in [0, 0.05) is 25.0 Å². The Bertz CT molecular complexity index is 208. The first-order chi connectivity index (χ1) is 5.83. The van der Waals surface area contributed by atoms with Crippen molar-refractivity contribution < 1.29 is 0 Å². The summed E-state index contributed by atoms with van der Waals surface area (Å²) in [5.41, 5.74) is 1.30. The molecule has 0 aliphatic heterocycles. The third kappa shape index (κ3) is 3.01. The lowest BCUT2D eigenvalue weighted by atomic mass is 10.2. The molecule has 0 aliphatic rings. The first-order valence-electron chi connectivity index (χ1n) is 4.45. The van der Waals surface area contributed by atoms with Crippen LogP contribution in [0.2, 0.25) is 0 Å². The fourth-order valence-electron chi connectivity index (χ4n) is 0.937. The van der Waals surface area contributed by atoms with E-state index in [-0.39, 0.29) is 0 Å². The van der Waals surface area contributed by atoms with E-state index in [1.807, 2.05) is 24.5 Å². The van der Waals surface area contributed by atoms with Crippen molar-refractivity contribution >= 4 is 0 Å². The molecule has 0 amide bonds. The summed E-state index contributed by atoms with van der Waals surface area (Å²) in [4.78, 5) is 3.96. The van der Waals surface area contributed by atoms with Gasteiger partial charge in [0.2, 0.25) is 0 Å². The number of pyridine rings is 1. The van der Waals surface area contributed by atoms with E-state index in [1.165, 1.54) is 12.0 Å². The van der Waals surface area contributed by atoms with Gasteiger partial charge in [-0.3, -0.25) is 4.98 Å². The number of nitrogens with one attached hydrogen (secondary N) is 1. The molecular weight excluding hydrogens is 148 g/mol. The zero-order chi connectivity index (χ0) is 8.81. The monoisotopic (exact) mass is 164 g/mol. The van der Waals surface area contributed by atoms with Gasteiger partial charge in [-0.2, -0.15) is 0 Å². The van der Waals surface area contributed by atoms with Gasteiger partial charge in [-0.1, -0.05) is 6.92 Å². The molecule has 66 valence electrons. The molecule has 1 rings (SSSR count). The summed E-state index contributed by atoms with van der Waals surface area (Å²) < 4.78 is 0. The van der Waals surface area contributed by atoms with Crippen LogP contribution in [0.4, 0.5) is 0 Å².